The van der Waals surface area contributed by atoms with Crippen molar-refractivity contribution < 1.29 is 14.7 Å². The van der Waals surface area contributed by atoms with E-state index >= 15 is 0 Å². The molecule has 0 aliphatic carbocycles. The number of carbonyl (C=O) groups is 2. The maximum absolute atomic E-state index is 11.6. The van der Waals surface area contributed by atoms with E-state index in [2.05, 4.69) is 10.6 Å². The van der Waals surface area contributed by atoms with Crippen LogP contribution in [0.4, 0.5) is 0 Å². The summed E-state index contributed by atoms with van der Waals surface area (Å²) in [5.41, 5.74) is 0. The Morgan fingerprint density at radius 2 is 1.80 bits per heavy atom. The number of nitrogens with one attached hydrogen (secondary N) is 2. The molecule has 1 aliphatic heterocycles. The Bertz CT molecular complexity index is 263. The number of rotatable bonds is 3. The summed E-state index contributed by atoms with van der Waals surface area (Å²) in [6, 6.07) is -1.28. The Kier molecular flexibility index (Phi) is 3.68. The van der Waals surface area contributed by atoms with Gasteiger partial charge in [0.1, 0.15) is 12.1 Å². The van der Waals surface area contributed by atoms with Crippen LogP contribution in [0.15, 0.2) is 0 Å². The molecule has 5 heteroatoms. The van der Waals surface area contributed by atoms with Crippen LogP contribution in [0, 0.1) is 5.92 Å². The predicted molar refractivity (Wildman–Crippen MR) is 55.0 cm³/mol. The predicted octanol–water partition coefficient (Wildman–Crippen LogP) is -0.603. The molecule has 0 aromatic rings. The molecule has 0 saturated carbocycles. The van der Waals surface area contributed by atoms with E-state index in [0.29, 0.717) is 12.3 Å². The second-order valence-electron chi connectivity index (χ2n) is 4.42. The summed E-state index contributed by atoms with van der Waals surface area (Å²) in [6.45, 7) is 5.45. The molecule has 0 bridgehead atoms. The van der Waals surface area contributed by atoms with E-state index in [9.17, 15) is 14.7 Å². The Hall–Kier alpha value is -1.10. The van der Waals surface area contributed by atoms with Gasteiger partial charge >= 0.3 is 0 Å². The summed E-state index contributed by atoms with van der Waals surface area (Å²) in [5.74, 6) is -0.186. The highest BCUT2D eigenvalue weighted by molar-refractivity contribution is 5.97. The van der Waals surface area contributed by atoms with E-state index < -0.39 is 18.2 Å². The molecule has 2 amide bonds. The van der Waals surface area contributed by atoms with Crippen LogP contribution in [0.25, 0.3) is 0 Å². The zero-order valence-corrected chi connectivity index (χ0v) is 9.28. The summed E-state index contributed by atoms with van der Waals surface area (Å²) >= 11 is 0. The van der Waals surface area contributed by atoms with Crippen molar-refractivity contribution in [2.24, 2.45) is 5.92 Å². The average molecular weight is 214 g/mol. The van der Waals surface area contributed by atoms with Gasteiger partial charge in [0, 0.05) is 0 Å². The maximum Gasteiger partial charge on any atom is 0.245 e. The van der Waals surface area contributed by atoms with Gasteiger partial charge in [0.25, 0.3) is 0 Å². The first kappa shape index (κ1) is 12.0. The SMILES string of the molecule is CC(C)C[C@@H]1NC(=O)[C@H]([C@H](C)O)NC1=O. The van der Waals surface area contributed by atoms with Gasteiger partial charge in [-0.05, 0) is 19.3 Å². The number of piperazine rings is 1. The average Bonchev–Trinajstić information content (AvgIpc) is 2.09. The summed E-state index contributed by atoms with van der Waals surface area (Å²) in [4.78, 5) is 23.0. The van der Waals surface area contributed by atoms with E-state index in [4.69, 9.17) is 0 Å². The minimum absolute atomic E-state index is 0.214. The lowest BCUT2D eigenvalue weighted by Crippen LogP contribution is -2.64. The van der Waals surface area contributed by atoms with Gasteiger partial charge in [0.2, 0.25) is 11.8 Å². The fourth-order valence-electron chi connectivity index (χ4n) is 1.62. The third kappa shape index (κ3) is 2.92. The molecule has 0 spiro atoms. The first-order valence-corrected chi connectivity index (χ1v) is 5.20. The number of amides is 2. The number of hydrogen-bond donors (Lipinski definition) is 3. The fraction of sp³-hybridized carbons (Fsp3) is 0.800. The number of hydrogen-bond acceptors (Lipinski definition) is 3. The Labute approximate surface area is 89.2 Å². The molecule has 1 rings (SSSR count). The first-order valence-electron chi connectivity index (χ1n) is 5.20. The van der Waals surface area contributed by atoms with Gasteiger partial charge in [0.15, 0.2) is 0 Å². The van der Waals surface area contributed by atoms with Gasteiger partial charge < -0.3 is 15.7 Å². The van der Waals surface area contributed by atoms with E-state index in [-0.39, 0.29) is 11.8 Å². The monoisotopic (exact) mass is 214 g/mol. The van der Waals surface area contributed by atoms with E-state index in [1.807, 2.05) is 13.8 Å². The zero-order valence-electron chi connectivity index (χ0n) is 9.28. The Morgan fingerprint density at radius 3 is 2.27 bits per heavy atom. The van der Waals surface area contributed by atoms with Crippen LogP contribution in [-0.4, -0.2) is 35.1 Å². The van der Waals surface area contributed by atoms with Crippen molar-refractivity contribution in [2.75, 3.05) is 0 Å². The van der Waals surface area contributed by atoms with Crippen LogP contribution in [0.2, 0.25) is 0 Å². The van der Waals surface area contributed by atoms with Crippen molar-refractivity contribution in [3.05, 3.63) is 0 Å². The molecule has 0 aromatic heterocycles. The van der Waals surface area contributed by atoms with Crippen molar-refractivity contribution in [3.63, 3.8) is 0 Å². The lowest BCUT2D eigenvalue weighted by atomic mass is 9.99. The molecule has 1 heterocycles. The van der Waals surface area contributed by atoms with Crippen LogP contribution in [-0.2, 0) is 9.59 Å². The van der Waals surface area contributed by atoms with Gasteiger partial charge in [-0.15, -0.1) is 0 Å². The quantitative estimate of drug-likeness (QED) is 0.587. The largest absolute Gasteiger partial charge is 0.391 e. The molecule has 1 saturated heterocycles. The number of aliphatic hydroxyl groups is 1. The standard InChI is InChI=1S/C10H18N2O3/c1-5(2)4-7-9(14)12-8(6(3)13)10(15)11-7/h5-8,13H,4H2,1-3H3,(H,11,15)(H,12,14)/t6-,7-,8-/m0/s1. The highest BCUT2D eigenvalue weighted by Gasteiger charge is 2.35. The molecule has 0 aromatic carbocycles. The van der Waals surface area contributed by atoms with Crippen molar-refractivity contribution in [1.29, 1.82) is 0 Å². The zero-order chi connectivity index (χ0) is 11.6. The summed E-state index contributed by atoms with van der Waals surface area (Å²) < 4.78 is 0. The molecule has 86 valence electrons. The number of carbonyl (C=O) groups excluding carboxylic acids is 2. The lowest BCUT2D eigenvalue weighted by Gasteiger charge is -2.31. The summed E-state index contributed by atoms with van der Waals surface area (Å²) in [7, 11) is 0. The highest BCUT2D eigenvalue weighted by atomic mass is 16.3. The van der Waals surface area contributed by atoms with Crippen molar-refractivity contribution in [1.82, 2.24) is 10.6 Å². The molecule has 15 heavy (non-hydrogen) atoms. The van der Waals surface area contributed by atoms with Crippen LogP contribution in [0.1, 0.15) is 27.2 Å². The van der Waals surface area contributed by atoms with Gasteiger partial charge in [-0.25, -0.2) is 0 Å². The highest BCUT2D eigenvalue weighted by Crippen LogP contribution is 2.09. The first-order chi connectivity index (χ1) is 6.91. The fourth-order valence-corrected chi connectivity index (χ4v) is 1.62. The summed E-state index contributed by atoms with van der Waals surface area (Å²) in [6.07, 6.45) is -0.252. The van der Waals surface area contributed by atoms with E-state index in [1.165, 1.54) is 6.92 Å². The van der Waals surface area contributed by atoms with Crippen molar-refractivity contribution in [3.8, 4) is 0 Å². The second kappa shape index (κ2) is 4.61. The van der Waals surface area contributed by atoms with Crippen LogP contribution in [0.5, 0.6) is 0 Å². The van der Waals surface area contributed by atoms with Gasteiger partial charge in [-0.2, -0.15) is 0 Å². The molecule has 0 radical (unpaired) electrons. The molecular formula is C10H18N2O3. The molecule has 0 unspecified atom stereocenters. The van der Waals surface area contributed by atoms with Crippen molar-refractivity contribution in [2.45, 2.75) is 45.4 Å². The van der Waals surface area contributed by atoms with Gasteiger partial charge in [-0.3, -0.25) is 9.59 Å². The molecule has 1 fully saturated rings. The van der Waals surface area contributed by atoms with E-state index in [1.54, 1.807) is 0 Å². The lowest BCUT2D eigenvalue weighted by molar-refractivity contribution is -0.139. The maximum atomic E-state index is 11.6. The van der Waals surface area contributed by atoms with Gasteiger partial charge in [0.05, 0.1) is 6.10 Å². The molecule has 1 aliphatic rings. The van der Waals surface area contributed by atoms with E-state index in [0.717, 1.165) is 0 Å². The van der Waals surface area contributed by atoms with Crippen LogP contribution >= 0.6 is 0 Å². The normalized spacial score (nSPS) is 28.6. The second-order valence-corrected chi connectivity index (χ2v) is 4.42. The summed E-state index contributed by atoms with van der Waals surface area (Å²) in [5, 5.41) is 14.4. The minimum atomic E-state index is -0.867. The molecule has 5 nitrogen and oxygen atoms in total. The van der Waals surface area contributed by atoms with Crippen molar-refractivity contribution >= 4 is 11.8 Å². The molecule has 3 N–H and O–H groups in total. The third-order valence-corrected chi connectivity index (χ3v) is 2.40. The van der Waals surface area contributed by atoms with Gasteiger partial charge in [-0.1, -0.05) is 13.8 Å². The van der Waals surface area contributed by atoms with Crippen LogP contribution < -0.4 is 10.6 Å². The van der Waals surface area contributed by atoms with Crippen LogP contribution in [0.3, 0.4) is 0 Å². The smallest absolute Gasteiger partial charge is 0.245 e. The molecule has 3 atom stereocenters. The number of aliphatic hydroxyl groups excluding tert-OH is 1. The Morgan fingerprint density at radius 1 is 1.20 bits per heavy atom. The topological polar surface area (TPSA) is 78.4 Å². The minimum Gasteiger partial charge on any atom is -0.391 e. The third-order valence-electron chi connectivity index (χ3n) is 2.40. The molecular weight excluding hydrogens is 196 g/mol. The Balaban J connectivity index is 2.63.